The molecule has 2 amide bonds. The first-order chi connectivity index (χ1) is 18.5. The lowest BCUT2D eigenvalue weighted by molar-refractivity contribution is 0.262. The van der Waals surface area contributed by atoms with Gasteiger partial charge in [0.1, 0.15) is 11.6 Å². The minimum absolute atomic E-state index is 0.140. The van der Waals surface area contributed by atoms with Crippen LogP contribution < -0.4 is 20.3 Å². The van der Waals surface area contributed by atoms with E-state index < -0.39 is 6.03 Å². The number of urea groups is 1. The monoisotopic (exact) mass is 546 g/mol. The fourth-order valence-electron chi connectivity index (χ4n) is 3.90. The number of aromatic nitrogens is 5. The Hall–Kier alpha value is -4.41. The number of ether oxygens (including phenoxy) is 1. The van der Waals surface area contributed by atoms with Gasteiger partial charge in [0.2, 0.25) is 0 Å². The Bertz CT molecular complexity index is 1620. The third-order valence-electron chi connectivity index (χ3n) is 5.97. The van der Waals surface area contributed by atoms with Crippen LogP contribution in [0.1, 0.15) is 6.42 Å². The summed E-state index contributed by atoms with van der Waals surface area (Å²) in [6.45, 7) is 2.06. The summed E-state index contributed by atoms with van der Waals surface area (Å²) in [4.78, 5) is 27.7. The topological polar surface area (TPSA) is 110 Å². The largest absolute Gasteiger partial charge is 0.424 e. The molecule has 6 rings (SSSR count). The normalized spacial score (nSPS) is 12.7. The summed E-state index contributed by atoms with van der Waals surface area (Å²) in [6, 6.07) is 13.9. The molecule has 0 bridgehead atoms. The lowest BCUT2D eigenvalue weighted by Gasteiger charge is -2.31. The number of nitrogens with one attached hydrogen (secondary N) is 2. The van der Waals surface area contributed by atoms with Gasteiger partial charge in [-0.1, -0.05) is 35.3 Å². The van der Waals surface area contributed by atoms with Crippen molar-refractivity contribution in [3.05, 3.63) is 83.4 Å². The minimum Gasteiger partial charge on any atom is -0.424 e. The fraction of sp³-hybridized carbons (Fsp3) is 0.115. The lowest BCUT2D eigenvalue weighted by Crippen LogP contribution is -2.37. The fourth-order valence-corrected chi connectivity index (χ4v) is 4.36. The van der Waals surface area contributed by atoms with Crippen LogP contribution >= 0.6 is 23.2 Å². The van der Waals surface area contributed by atoms with Gasteiger partial charge in [0.05, 0.1) is 35.0 Å². The van der Waals surface area contributed by atoms with Crippen LogP contribution in [0.4, 0.5) is 22.0 Å². The summed E-state index contributed by atoms with van der Waals surface area (Å²) in [5.74, 6) is 1.53. The molecule has 0 aliphatic carbocycles. The quantitative estimate of drug-likeness (QED) is 0.263. The van der Waals surface area contributed by atoms with Crippen LogP contribution in [0.3, 0.4) is 0 Å². The van der Waals surface area contributed by atoms with Crippen LogP contribution in [0.25, 0.3) is 16.8 Å². The molecule has 5 aromatic rings. The Labute approximate surface area is 227 Å². The average Bonchev–Trinajstić information content (AvgIpc) is 3.30. The lowest BCUT2D eigenvalue weighted by atomic mass is 10.1. The molecule has 12 heteroatoms. The number of hydrogen-bond donors (Lipinski definition) is 2. The predicted molar refractivity (Wildman–Crippen MR) is 146 cm³/mol. The highest BCUT2D eigenvalue weighted by atomic mass is 35.5. The molecule has 1 saturated heterocycles. The van der Waals surface area contributed by atoms with E-state index >= 15 is 0 Å². The number of halogens is 2. The molecule has 0 radical (unpaired) electrons. The summed E-state index contributed by atoms with van der Waals surface area (Å²) < 4.78 is 7.54. The number of benzene rings is 2. The second kappa shape index (κ2) is 10.2. The Morgan fingerprint density at radius 2 is 1.74 bits per heavy atom. The van der Waals surface area contributed by atoms with Crippen molar-refractivity contribution in [2.75, 3.05) is 28.6 Å². The van der Waals surface area contributed by atoms with Crippen LogP contribution in [-0.2, 0) is 0 Å². The Balaban J connectivity index is 1.10. The summed E-state index contributed by atoms with van der Waals surface area (Å²) in [7, 11) is 0. The molecule has 0 spiro atoms. The maximum absolute atomic E-state index is 12.3. The van der Waals surface area contributed by atoms with E-state index in [0.717, 1.165) is 35.7 Å². The molecule has 0 atom stereocenters. The second-order valence-electron chi connectivity index (χ2n) is 8.54. The van der Waals surface area contributed by atoms with Gasteiger partial charge in [-0.15, -0.1) is 0 Å². The van der Waals surface area contributed by atoms with E-state index in [2.05, 4.69) is 30.6 Å². The van der Waals surface area contributed by atoms with Crippen molar-refractivity contribution in [1.82, 2.24) is 24.6 Å². The van der Waals surface area contributed by atoms with Crippen molar-refractivity contribution < 1.29 is 9.53 Å². The molecule has 0 saturated carbocycles. The van der Waals surface area contributed by atoms with Crippen LogP contribution in [0.2, 0.25) is 10.0 Å². The zero-order valence-corrected chi connectivity index (χ0v) is 21.3. The highest BCUT2D eigenvalue weighted by molar-refractivity contribution is 6.36. The van der Waals surface area contributed by atoms with Gasteiger partial charge in [0.15, 0.2) is 5.65 Å². The highest BCUT2D eigenvalue weighted by Gasteiger charge is 2.17. The molecule has 1 fully saturated rings. The number of nitrogens with zero attached hydrogens (tertiary/aromatic N) is 6. The van der Waals surface area contributed by atoms with Gasteiger partial charge in [-0.2, -0.15) is 5.10 Å². The van der Waals surface area contributed by atoms with E-state index in [1.165, 1.54) is 18.8 Å². The van der Waals surface area contributed by atoms with E-state index in [-0.39, 0.29) is 6.01 Å². The second-order valence-corrected chi connectivity index (χ2v) is 9.38. The number of rotatable bonds is 6. The molecule has 10 nitrogen and oxygen atoms in total. The van der Waals surface area contributed by atoms with Crippen molar-refractivity contribution in [3.8, 4) is 22.9 Å². The molecule has 0 unspecified atom stereocenters. The molecule has 2 N–H and O–H groups in total. The molecule has 38 heavy (non-hydrogen) atoms. The highest BCUT2D eigenvalue weighted by Crippen LogP contribution is 2.29. The molecular weight excluding hydrogens is 527 g/mol. The molecule has 1 aliphatic heterocycles. The predicted octanol–water partition coefficient (Wildman–Crippen LogP) is 6.14. The Kier molecular flexibility index (Phi) is 6.40. The maximum atomic E-state index is 12.3. The van der Waals surface area contributed by atoms with Gasteiger partial charge >= 0.3 is 12.0 Å². The summed E-state index contributed by atoms with van der Waals surface area (Å²) >= 11 is 12.0. The average molecular weight is 547 g/mol. The number of amides is 2. The minimum atomic E-state index is -0.499. The molecule has 2 aromatic carbocycles. The number of anilines is 3. The number of carbonyl (C=O) groups excluding carboxylic acids is 1. The maximum Gasteiger partial charge on any atom is 0.323 e. The summed E-state index contributed by atoms with van der Waals surface area (Å²) in [5, 5.41) is 10.5. The standard InChI is InChI=1S/C26H20Cl2N8O2/c27-17-4-7-22(21(28)12-17)33-25(37)32-18-13-29-26(30-14-18)38-19-5-2-16(3-6-19)20-15-31-36-11-8-23(34-24(20)36)35-9-1-10-35/h2-8,11-15H,1,9-10H2,(H2,32,33,37). The van der Waals surface area contributed by atoms with Crippen molar-refractivity contribution in [2.24, 2.45) is 0 Å². The number of hydrogen-bond acceptors (Lipinski definition) is 7. The van der Waals surface area contributed by atoms with E-state index in [1.807, 2.05) is 42.7 Å². The SMILES string of the molecule is O=C(Nc1cnc(Oc2ccc(-c3cnn4ccc(N5CCC5)nc34)cc2)nc1)Nc1ccc(Cl)cc1Cl. The van der Waals surface area contributed by atoms with E-state index in [9.17, 15) is 4.79 Å². The van der Waals surface area contributed by atoms with Gasteiger partial charge in [-0.05, 0) is 48.4 Å². The summed E-state index contributed by atoms with van der Waals surface area (Å²) in [6.07, 6.45) is 7.83. The Morgan fingerprint density at radius 3 is 2.45 bits per heavy atom. The first-order valence-corrected chi connectivity index (χ1v) is 12.5. The molecule has 4 heterocycles. The van der Waals surface area contributed by atoms with Gasteiger partial charge in [0, 0.05) is 29.9 Å². The number of fused-ring (bicyclic) bond motifs is 1. The van der Waals surface area contributed by atoms with Crippen molar-refractivity contribution in [2.45, 2.75) is 6.42 Å². The zero-order valence-electron chi connectivity index (χ0n) is 19.8. The van der Waals surface area contributed by atoms with Crippen LogP contribution in [-0.4, -0.2) is 43.7 Å². The number of carbonyl (C=O) groups is 1. The van der Waals surface area contributed by atoms with Crippen molar-refractivity contribution in [1.29, 1.82) is 0 Å². The third kappa shape index (κ3) is 5.04. The van der Waals surface area contributed by atoms with E-state index in [0.29, 0.717) is 27.2 Å². The van der Waals surface area contributed by atoms with E-state index in [1.54, 1.807) is 22.7 Å². The van der Waals surface area contributed by atoms with Gasteiger partial charge in [-0.3, -0.25) is 0 Å². The summed E-state index contributed by atoms with van der Waals surface area (Å²) in [5.41, 5.74) is 3.51. The third-order valence-corrected chi connectivity index (χ3v) is 6.52. The Morgan fingerprint density at radius 1 is 0.947 bits per heavy atom. The molecule has 190 valence electrons. The van der Waals surface area contributed by atoms with Gasteiger partial charge in [0.25, 0.3) is 0 Å². The first kappa shape index (κ1) is 24.0. The smallest absolute Gasteiger partial charge is 0.323 e. The first-order valence-electron chi connectivity index (χ1n) is 11.7. The zero-order chi connectivity index (χ0) is 26.1. The van der Waals surface area contributed by atoms with E-state index in [4.69, 9.17) is 32.9 Å². The molecule has 3 aromatic heterocycles. The van der Waals surface area contributed by atoms with Crippen LogP contribution in [0.15, 0.2) is 73.3 Å². The molecule has 1 aliphatic rings. The van der Waals surface area contributed by atoms with Crippen molar-refractivity contribution >= 4 is 52.1 Å². The van der Waals surface area contributed by atoms with Gasteiger partial charge < -0.3 is 20.3 Å². The van der Waals surface area contributed by atoms with Crippen LogP contribution in [0, 0.1) is 0 Å². The van der Waals surface area contributed by atoms with Crippen molar-refractivity contribution in [3.63, 3.8) is 0 Å². The van der Waals surface area contributed by atoms with Gasteiger partial charge in [-0.25, -0.2) is 24.3 Å². The van der Waals surface area contributed by atoms with Crippen LogP contribution in [0.5, 0.6) is 11.8 Å². The molecular formula is C26H20Cl2N8O2.